The first-order valence-electron chi connectivity index (χ1n) is 7.29. The summed E-state index contributed by atoms with van der Waals surface area (Å²) in [5, 5.41) is 6.32. The van der Waals surface area contributed by atoms with E-state index in [1.54, 1.807) is 24.9 Å². The Morgan fingerprint density at radius 1 is 1.32 bits per heavy atom. The van der Waals surface area contributed by atoms with Crippen LogP contribution >= 0.6 is 35.7 Å². The number of alkyl halides is 3. The van der Waals surface area contributed by atoms with Crippen molar-refractivity contribution < 1.29 is 17.9 Å². The third-order valence-electron chi connectivity index (χ3n) is 3.10. The van der Waals surface area contributed by atoms with E-state index in [4.69, 9.17) is 0 Å². The summed E-state index contributed by atoms with van der Waals surface area (Å²) >= 11 is 1.74. The molecule has 0 saturated heterocycles. The van der Waals surface area contributed by atoms with Gasteiger partial charge in [-0.15, -0.1) is 24.0 Å². The molecule has 25 heavy (non-hydrogen) atoms. The molecule has 0 fully saturated rings. The van der Waals surface area contributed by atoms with Gasteiger partial charge in [0.25, 0.3) is 0 Å². The van der Waals surface area contributed by atoms with Crippen molar-refractivity contribution in [2.24, 2.45) is 4.99 Å². The summed E-state index contributed by atoms with van der Waals surface area (Å²) in [5.74, 6) is 0.560. The van der Waals surface area contributed by atoms with Crippen LogP contribution in [0.25, 0.3) is 0 Å². The molecule has 0 spiro atoms. The zero-order valence-electron chi connectivity index (χ0n) is 14.6. The van der Waals surface area contributed by atoms with E-state index in [2.05, 4.69) is 39.2 Å². The molecule has 0 radical (unpaired) electrons. The molecule has 1 rings (SSSR count). The van der Waals surface area contributed by atoms with E-state index in [0.717, 1.165) is 12.1 Å². The highest BCUT2D eigenvalue weighted by Gasteiger charge is 2.28. The van der Waals surface area contributed by atoms with Crippen molar-refractivity contribution in [3.8, 4) is 5.88 Å². The number of aromatic nitrogens is 1. The average Bonchev–Trinajstić information content (AvgIpc) is 2.53. The van der Waals surface area contributed by atoms with Crippen molar-refractivity contribution >= 4 is 41.7 Å². The SMILES string of the molecule is CN=C(NCc1ccnc(OCC(F)(F)F)c1)NCC(C)(C)SC.I. The summed E-state index contributed by atoms with van der Waals surface area (Å²) in [7, 11) is 1.66. The van der Waals surface area contributed by atoms with E-state index < -0.39 is 12.8 Å². The number of nitrogens with one attached hydrogen (secondary N) is 2. The molecule has 1 heterocycles. The maximum atomic E-state index is 12.2. The van der Waals surface area contributed by atoms with Gasteiger partial charge in [0.1, 0.15) is 0 Å². The minimum Gasteiger partial charge on any atom is -0.468 e. The Balaban J connectivity index is 0.00000576. The van der Waals surface area contributed by atoms with Crippen molar-refractivity contribution in [1.29, 1.82) is 0 Å². The lowest BCUT2D eigenvalue weighted by molar-refractivity contribution is -0.154. The standard InChI is InChI=1S/C15H23F3N4OS.HI/c1-14(2,24-4)9-22-13(19-3)21-8-11-5-6-20-12(7-11)23-10-15(16,17)18;/h5-7H,8-10H2,1-4H3,(H2,19,21,22);1H. The zero-order valence-corrected chi connectivity index (χ0v) is 17.8. The minimum absolute atomic E-state index is 0. The molecule has 0 atom stereocenters. The zero-order chi connectivity index (χ0) is 18.2. The molecular formula is C15H24F3IN4OS. The van der Waals surface area contributed by atoms with Gasteiger partial charge in [-0.2, -0.15) is 24.9 Å². The van der Waals surface area contributed by atoms with Gasteiger partial charge in [-0.1, -0.05) is 0 Å². The Bertz CT molecular complexity index is 556. The van der Waals surface area contributed by atoms with Crippen molar-refractivity contribution in [2.75, 3.05) is 26.5 Å². The predicted molar refractivity (Wildman–Crippen MR) is 107 cm³/mol. The van der Waals surface area contributed by atoms with E-state index >= 15 is 0 Å². The number of guanidine groups is 1. The molecule has 1 aromatic rings. The maximum Gasteiger partial charge on any atom is 0.422 e. The van der Waals surface area contributed by atoms with Crippen LogP contribution < -0.4 is 15.4 Å². The van der Waals surface area contributed by atoms with Crippen LogP contribution in [0.4, 0.5) is 13.2 Å². The smallest absolute Gasteiger partial charge is 0.422 e. The van der Waals surface area contributed by atoms with Gasteiger partial charge in [-0.3, -0.25) is 4.99 Å². The first-order valence-corrected chi connectivity index (χ1v) is 8.52. The number of pyridine rings is 1. The van der Waals surface area contributed by atoms with Crippen LogP contribution in [0.15, 0.2) is 23.3 Å². The van der Waals surface area contributed by atoms with Crippen LogP contribution in [0.2, 0.25) is 0 Å². The molecule has 0 bridgehead atoms. The number of nitrogens with zero attached hydrogens (tertiary/aromatic N) is 2. The molecule has 0 aliphatic carbocycles. The molecule has 144 valence electrons. The first kappa shape index (κ1) is 24.1. The van der Waals surface area contributed by atoms with Gasteiger partial charge in [0.05, 0.1) is 0 Å². The lowest BCUT2D eigenvalue weighted by Crippen LogP contribution is -2.42. The molecule has 0 amide bonds. The number of halogens is 4. The summed E-state index contributed by atoms with van der Waals surface area (Å²) in [6, 6.07) is 3.17. The second-order valence-corrected chi connectivity index (χ2v) is 7.16. The van der Waals surface area contributed by atoms with Crippen LogP contribution in [0.1, 0.15) is 19.4 Å². The third kappa shape index (κ3) is 10.6. The average molecular weight is 492 g/mol. The molecule has 0 aromatic carbocycles. The third-order valence-corrected chi connectivity index (χ3v) is 4.35. The minimum atomic E-state index is -4.38. The van der Waals surface area contributed by atoms with Gasteiger partial charge >= 0.3 is 6.18 Å². The van der Waals surface area contributed by atoms with E-state index in [9.17, 15) is 13.2 Å². The van der Waals surface area contributed by atoms with Crippen LogP contribution in [-0.4, -0.2) is 48.3 Å². The predicted octanol–water partition coefficient (Wildman–Crippen LogP) is 3.45. The van der Waals surface area contributed by atoms with Crippen LogP contribution in [0, 0.1) is 0 Å². The van der Waals surface area contributed by atoms with Gasteiger partial charge in [0.15, 0.2) is 12.6 Å². The van der Waals surface area contributed by atoms with Crippen molar-refractivity contribution in [2.45, 2.75) is 31.3 Å². The normalized spacial score (nSPS) is 12.4. The Morgan fingerprint density at radius 2 is 2.00 bits per heavy atom. The van der Waals surface area contributed by atoms with E-state index in [1.807, 2.05) is 6.26 Å². The summed E-state index contributed by atoms with van der Waals surface area (Å²) in [6.07, 6.45) is -0.932. The largest absolute Gasteiger partial charge is 0.468 e. The van der Waals surface area contributed by atoms with Crippen molar-refractivity contribution in [3.05, 3.63) is 23.9 Å². The number of hydrogen-bond acceptors (Lipinski definition) is 4. The lowest BCUT2D eigenvalue weighted by atomic mass is 10.2. The molecular weight excluding hydrogens is 468 g/mol. The Kier molecular flexibility index (Phi) is 10.5. The quantitative estimate of drug-likeness (QED) is 0.347. The molecule has 0 aliphatic heterocycles. The molecule has 10 heteroatoms. The molecule has 1 aromatic heterocycles. The highest BCUT2D eigenvalue weighted by atomic mass is 127. The Labute approximate surface area is 167 Å². The van der Waals surface area contributed by atoms with Crippen molar-refractivity contribution in [1.82, 2.24) is 15.6 Å². The molecule has 0 aliphatic rings. The Hall–Kier alpha value is -0.910. The topological polar surface area (TPSA) is 58.5 Å². The highest BCUT2D eigenvalue weighted by Crippen LogP contribution is 2.19. The fourth-order valence-electron chi connectivity index (χ4n) is 1.57. The fraction of sp³-hybridized carbons (Fsp3) is 0.600. The maximum absolute atomic E-state index is 12.2. The van der Waals surface area contributed by atoms with E-state index in [-0.39, 0.29) is 34.6 Å². The molecule has 5 nitrogen and oxygen atoms in total. The molecule has 0 unspecified atom stereocenters. The summed E-state index contributed by atoms with van der Waals surface area (Å²) in [5.41, 5.74) is 0.745. The summed E-state index contributed by atoms with van der Waals surface area (Å²) < 4.78 is 41.2. The number of aliphatic imine (C=N–C) groups is 1. The Morgan fingerprint density at radius 3 is 2.56 bits per heavy atom. The van der Waals surface area contributed by atoms with Gasteiger partial charge in [-0.05, 0) is 31.7 Å². The first-order chi connectivity index (χ1) is 11.1. The summed E-state index contributed by atoms with van der Waals surface area (Å²) in [4.78, 5) is 7.89. The number of rotatable bonds is 7. The van der Waals surface area contributed by atoms with Gasteiger partial charge in [-0.25, -0.2) is 4.98 Å². The summed E-state index contributed by atoms with van der Waals surface area (Å²) in [6.45, 7) is 3.99. The monoisotopic (exact) mass is 492 g/mol. The highest BCUT2D eigenvalue weighted by molar-refractivity contribution is 14.0. The second-order valence-electron chi connectivity index (χ2n) is 5.65. The van der Waals surface area contributed by atoms with Gasteiger partial charge in [0, 0.05) is 37.1 Å². The molecule has 0 saturated carbocycles. The number of hydrogen-bond donors (Lipinski definition) is 2. The van der Waals surface area contributed by atoms with E-state index in [0.29, 0.717) is 12.5 Å². The molecule has 2 N–H and O–H groups in total. The van der Waals surface area contributed by atoms with Gasteiger partial charge < -0.3 is 15.4 Å². The van der Waals surface area contributed by atoms with Crippen LogP contribution in [-0.2, 0) is 6.54 Å². The van der Waals surface area contributed by atoms with Crippen LogP contribution in [0.3, 0.4) is 0 Å². The second kappa shape index (κ2) is 10.9. The van der Waals surface area contributed by atoms with E-state index in [1.165, 1.54) is 12.3 Å². The number of ether oxygens (including phenoxy) is 1. The fourth-order valence-corrected chi connectivity index (χ4v) is 1.79. The van der Waals surface area contributed by atoms with Gasteiger partial charge in [0.2, 0.25) is 5.88 Å². The van der Waals surface area contributed by atoms with Crippen molar-refractivity contribution in [3.63, 3.8) is 0 Å². The lowest BCUT2D eigenvalue weighted by Gasteiger charge is -2.23. The van der Waals surface area contributed by atoms with Crippen LogP contribution in [0.5, 0.6) is 5.88 Å². The number of thioether (sulfide) groups is 1.